The number of likely N-dealkylation sites (N-methyl/N-ethyl adjacent to an activating group) is 1. The summed E-state index contributed by atoms with van der Waals surface area (Å²) in [7, 11) is 4.81. The van der Waals surface area contributed by atoms with Crippen molar-refractivity contribution in [2.75, 3.05) is 34.3 Å². The normalized spacial score (nSPS) is 10.4. The Hall–Kier alpha value is -0.875. The van der Waals surface area contributed by atoms with Crippen LogP contribution >= 0.6 is 0 Å². The van der Waals surface area contributed by atoms with Gasteiger partial charge in [0, 0.05) is 0 Å². The number of quaternary nitrogens is 1. The van der Waals surface area contributed by atoms with Crippen LogP contribution < -0.4 is 5.46 Å². The molecule has 16 heavy (non-hydrogen) atoms. The number of aliphatic hydroxyl groups excluding tert-OH is 1. The van der Waals surface area contributed by atoms with Crippen LogP contribution in [0.2, 0.25) is 0 Å². The van der Waals surface area contributed by atoms with Crippen molar-refractivity contribution >= 4 is 12.6 Å². The minimum Gasteiger partial charge on any atom is -0.423 e. The summed E-state index contributed by atoms with van der Waals surface area (Å²) in [5.41, 5.74) is 0.525. The topological polar surface area (TPSA) is 60.7 Å². The minimum absolute atomic E-state index is 0.281. The Morgan fingerprint density at radius 3 is 1.75 bits per heavy atom. The highest BCUT2D eigenvalue weighted by atomic mass is 16.4. The molecular weight excluding hydrogens is 205 g/mol. The molecule has 0 radical (unpaired) electrons. The van der Waals surface area contributed by atoms with Crippen molar-refractivity contribution in [3.8, 4) is 0 Å². The van der Waals surface area contributed by atoms with Crippen LogP contribution in [0.4, 0.5) is 0 Å². The SMILES string of the molecule is C[N+](C)(C)CCO.OB(O)c1ccccc1. The van der Waals surface area contributed by atoms with Crippen molar-refractivity contribution in [1.29, 1.82) is 0 Å². The van der Waals surface area contributed by atoms with E-state index in [4.69, 9.17) is 15.2 Å². The van der Waals surface area contributed by atoms with Gasteiger partial charge in [0.15, 0.2) is 0 Å². The molecule has 0 atom stereocenters. The van der Waals surface area contributed by atoms with E-state index in [0.717, 1.165) is 11.0 Å². The lowest BCUT2D eigenvalue weighted by atomic mass is 9.81. The number of benzene rings is 1. The second-order valence-electron chi connectivity index (χ2n) is 4.52. The summed E-state index contributed by atoms with van der Waals surface area (Å²) < 4.78 is 0.844. The third-order valence-electron chi connectivity index (χ3n) is 1.87. The van der Waals surface area contributed by atoms with E-state index in [1.165, 1.54) is 0 Å². The predicted molar refractivity (Wildman–Crippen MR) is 66.3 cm³/mol. The quantitative estimate of drug-likeness (QED) is 0.460. The number of hydrogen-bond donors (Lipinski definition) is 3. The fourth-order valence-electron chi connectivity index (χ4n) is 0.925. The average Bonchev–Trinajstić information content (AvgIpc) is 2.18. The summed E-state index contributed by atoms with van der Waals surface area (Å²) in [6.45, 7) is 1.11. The molecule has 4 nitrogen and oxygen atoms in total. The molecule has 1 aromatic rings. The molecule has 0 saturated carbocycles. The predicted octanol–water partition coefficient (Wildman–Crippen LogP) is -0.949. The average molecular weight is 226 g/mol. The maximum atomic E-state index is 8.58. The summed E-state index contributed by atoms with van der Waals surface area (Å²) in [6, 6.07) is 8.66. The van der Waals surface area contributed by atoms with Crippen LogP contribution in [-0.2, 0) is 0 Å². The number of nitrogens with zero attached hydrogens (tertiary/aromatic N) is 1. The van der Waals surface area contributed by atoms with Gasteiger partial charge in [-0.25, -0.2) is 0 Å². The second-order valence-corrected chi connectivity index (χ2v) is 4.52. The summed E-state index contributed by atoms with van der Waals surface area (Å²) >= 11 is 0. The van der Waals surface area contributed by atoms with E-state index in [1.54, 1.807) is 24.3 Å². The lowest BCUT2D eigenvalue weighted by Crippen LogP contribution is -2.36. The van der Waals surface area contributed by atoms with Gasteiger partial charge in [0.25, 0.3) is 0 Å². The van der Waals surface area contributed by atoms with Crippen molar-refractivity contribution in [2.24, 2.45) is 0 Å². The Bertz CT molecular complexity index is 272. The Morgan fingerprint density at radius 2 is 1.56 bits per heavy atom. The second kappa shape index (κ2) is 7.41. The van der Waals surface area contributed by atoms with Gasteiger partial charge in [0.1, 0.15) is 6.54 Å². The van der Waals surface area contributed by atoms with Gasteiger partial charge in [0.2, 0.25) is 0 Å². The van der Waals surface area contributed by atoms with Gasteiger partial charge in [0.05, 0.1) is 27.7 Å². The molecule has 3 N–H and O–H groups in total. The first-order valence-electron chi connectivity index (χ1n) is 5.19. The lowest BCUT2D eigenvalue weighted by Gasteiger charge is -2.21. The maximum absolute atomic E-state index is 8.58. The highest BCUT2D eigenvalue weighted by Crippen LogP contribution is 1.84. The Labute approximate surface area is 97.5 Å². The van der Waals surface area contributed by atoms with Crippen LogP contribution in [0.5, 0.6) is 0 Å². The molecule has 90 valence electrons. The first-order valence-corrected chi connectivity index (χ1v) is 5.19. The molecule has 0 unspecified atom stereocenters. The number of rotatable bonds is 3. The molecule has 0 spiro atoms. The van der Waals surface area contributed by atoms with Crippen LogP contribution in [0.1, 0.15) is 0 Å². The first kappa shape index (κ1) is 15.1. The van der Waals surface area contributed by atoms with Crippen molar-refractivity contribution < 1.29 is 19.6 Å². The van der Waals surface area contributed by atoms with Gasteiger partial charge in [-0.15, -0.1) is 0 Å². The van der Waals surface area contributed by atoms with Gasteiger partial charge in [-0.3, -0.25) is 0 Å². The fraction of sp³-hybridized carbons (Fsp3) is 0.455. The maximum Gasteiger partial charge on any atom is 0.488 e. The van der Waals surface area contributed by atoms with E-state index in [0.29, 0.717) is 5.46 Å². The summed E-state index contributed by atoms with van der Waals surface area (Å²) in [4.78, 5) is 0. The van der Waals surface area contributed by atoms with Gasteiger partial charge in [-0.2, -0.15) is 0 Å². The van der Waals surface area contributed by atoms with Crippen molar-refractivity contribution in [1.82, 2.24) is 0 Å². The largest absolute Gasteiger partial charge is 0.488 e. The van der Waals surface area contributed by atoms with Gasteiger partial charge < -0.3 is 19.6 Å². The zero-order valence-corrected chi connectivity index (χ0v) is 10.2. The molecule has 1 aromatic carbocycles. The third-order valence-corrected chi connectivity index (χ3v) is 1.87. The van der Waals surface area contributed by atoms with Gasteiger partial charge >= 0.3 is 7.12 Å². The van der Waals surface area contributed by atoms with Crippen molar-refractivity contribution in [3.63, 3.8) is 0 Å². The van der Waals surface area contributed by atoms with E-state index < -0.39 is 7.12 Å². The molecule has 0 aromatic heterocycles. The van der Waals surface area contributed by atoms with Crippen LogP contribution in [0.3, 0.4) is 0 Å². The third kappa shape index (κ3) is 8.43. The lowest BCUT2D eigenvalue weighted by molar-refractivity contribution is -0.870. The molecule has 1 rings (SSSR count). The molecular formula is C11H21BNO3+. The fourth-order valence-corrected chi connectivity index (χ4v) is 0.925. The molecule has 0 aliphatic rings. The zero-order valence-electron chi connectivity index (χ0n) is 10.2. The Kier molecular flexibility index (Phi) is 7.00. The van der Waals surface area contributed by atoms with Crippen LogP contribution in [0, 0.1) is 0 Å². The molecule has 0 heterocycles. The molecule has 0 aliphatic heterocycles. The summed E-state index contributed by atoms with van der Waals surface area (Å²) in [5.74, 6) is 0. The van der Waals surface area contributed by atoms with E-state index in [1.807, 2.05) is 6.07 Å². The Balaban J connectivity index is 0.000000293. The standard InChI is InChI=1S/C6H7BO2.C5H14NO/c8-7(9)6-4-2-1-3-5-6;1-6(2,3)4-5-7/h1-5,8-9H;7H,4-5H2,1-3H3/q;+1. The minimum atomic E-state index is -1.34. The van der Waals surface area contributed by atoms with Crippen LogP contribution in [0.25, 0.3) is 0 Å². The number of hydrogen-bond acceptors (Lipinski definition) is 3. The Morgan fingerprint density at radius 1 is 1.06 bits per heavy atom. The highest BCUT2D eigenvalue weighted by Gasteiger charge is 2.07. The van der Waals surface area contributed by atoms with Crippen molar-refractivity contribution in [3.05, 3.63) is 30.3 Å². The van der Waals surface area contributed by atoms with Crippen LogP contribution in [0.15, 0.2) is 30.3 Å². The molecule has 0 fully saturated rings. The smallest absolute Gasteiger partial charge is 0.423 e. The number of aliphatic hydroxyl groups is 1. The van der Waals surface area contributed by atoms with E-state index >= 15 is 0 Å². The summed E-state index contributed by atoms with van der Waals surface area (Å²) in [6.07, 6.45) is 0. The zero-order chi connectivity index (χ0) is 12.6. The van der Waals surface area contributed by atoms with Crippen LogP contribution in [-0.4, -0.2) is 61.1 Å². The summed E-state index contributed by atoms with van der Waals surface area (Å²) in [5, 5.41) is 25.5. The van der Waals surface area contributed by atoms with Gasteiger partial charge in [-0.05, 0) is 5.46 Å². The molecule has 0 saturated heterocycles. The van der Waals surface area contributed by atoms with E-state index in [9.17, 15) is 0 Å². The molecule has 0 amide bonds. The first-order chi connectivity index (χ1) is 7.37. The monoisotopic (exact) mass is 226 g/mol. The molecule has 0 aliphatic carbocycles. The molecule has 0 bridgehead atoms. The van der Waals surface area contributed by atoms with Gasteiger partial charge in [-0.1, -0.05) is 30.3 Å². The highest BCUT2D eigenvalue weighted by molar-refractivity contribution is 6.58. The van der Waals surface area contributed by atoms with E-state index in [-0.39, 0.29) is 6.61 Å². The van der Waals surface area contributed by atoms with E-state index in [2.05, 4.69) is 21.1 Å². The molecule has 5 heteroatoms. The van der Waals surface area contributed by atoms with Crippen molar-refractivity contribution in [2.45, 2.75) is 0 Å².